The maximum atomic E-state index is 11.8. The lowest BCUT2D eigenvalue weighted by Gasteiger charge is -2.12. The Kier molecular flexibility index (Phi) is 3.12. The second kappa shape index (κ2) is 4.81. The van der Waals surface area contributed by atoms with Crippen LogP contribution < -0.4 is 5.73 Å². The van der Waals surface area contributed by atoms with Gasteiger partial charge in [-0.3, -0.25) is 4.79 Å². The van der Waals surface area contributed by atoms with Crippen LogP contribution in [0.3, 0.4) is 0 Å². The number of carbonyl (C=O) groups excluding carboxylic acids is 1. The summed E-state index contributed by atoms with van der Waals surface area (Å²) in [5.74, 6) is 1.80. The highest BCUT2D eigenvalue weighted by Gasteiger charge is 2.29. The third-order valence-corrected chi connectivity index (χ3v) is 3.79. The highest BCUT2D eigenvalue weighted by Crippen LogP contribution is 2.40. The number of anilines is 1. The first kappa shape index (κ1) is 13.0. The van der Waals surface area contributed by atoms with Gasteiger partial charge in [0.1, 0.15) is 5.82 Å². The van der Waals surface area contributed by atoms with E-state index >= 15 is 0 Å². The fraction of sp³-hybridized carbons (Fsp3) is 0.467. The van der Waals surface area contributed by atoms with Gasteiger partial charge >= 0.3 is 0 Å². The number of hydrogen-bond donors (Lipinski definition) is 1. The molecule has 5 heteroatoms. The fourth-order valence-electron chi connectivity index (χ4n) is 2.48. The molecule has 5 nitrogen and oxygen atoms in total. The zero-order valence-electron chi connectivity index (χ0n) is 12.0. The molecule has 1 heterocycles. The number of rotatable bonds is 4. The van der Waals surface area contributed by atoms with Crippen LogP contribution in [0.4, 0.5) is 5.69 Å². The summed E-state index contributed by atoms with van der Waals surface area (Å²) >= 11 is 0. The van der Waals surface area contributed by atoms with Gasteiger partial charge in [0.05, 0.1) is 11.0 Å². The van der Waals surface area contributed by atoms with Crippen molar-refractivity contribution < 1.29 is 4.79 Å². The number of nitrogens with two attached hydrogens (primary N) is 1. The molecule has 0 spiro atoms. The Hall–Kier alpha value is -2.04. The molecule has 2 N–H and O–H groups in total. The second-order valence-corrected chi connectivity index (χ2v) is 5.68. The van der Waals surface area contributed by atoms with Crippen molar-refractivity contribution in [3.63, 3.8) is 0 Å². The number of fused-ring (bicyclic) bond motifs is 1. The van der Waals surface area contributed by atoms with Crippen molar-refractivity contribution in [3.8, 4) is 0 Å². The molecule has 1 amide bonds. The molecule has 1 aliphatic rings. The smallest absolute Gasteiger partial charge is 0.223 e. The maximum Gasteiger partial charge on any atom is 0.223 e. The molecule has 0 radical (unpaired) electrons. The predicted octanol–water partition coefficient (Wildman–Crippen LogP) is 1.97. The monoisotopic (exact) mass is 272 g/mol. The lowest BCUT2D eigenvalue weighted by molar-refractivity contribution is -0.128. The van der Waals surface area contributed by atoms with Crippen LogP contribution in [0.25, 0.3) is 11.0 Å². The van der Waals surface area contributed by atoms with Crippen molar-refractivity contribution in [2.45, 2.75) is 31.7 Å². The average molecular weight is 272 g/mol. The van der Waals surface area contributed by atoms with E-state index in [1.165, 1.54) is 12.8 Å². The van der Waals surface area contributed by atoms with Crippen LogP contribution in [0.2, 0.25) is 0 Å². The number of imidazole rings is 1. The first-order chi connectivity index (χ1) is 9.56. The quantitative estimate of drug-likeness (QED) is 0.865. The molecule has 0 unspecified atom stereocenters. The highest BCUT2D eigenvalue weighted by molar-refractivity contribution is 5.80. The topological polar surface area (TPSA) is 64.2 Å². The fourth-order valence-corrected chi connectivity index (χ4v) is 2.48. The molecule has 106 valence electrons. The van der Waals surface area contributed by atoms with Crippen molar-refractivity contribution in [1.29, 1.82) is 0 Å². The zero-order chi connectivity index (χ0) is 14.3. The van der Waals surface area contributed by atoms with E-state index in [4.69, 9.17) is 10.7 Å². The summed E-state index contributed by atoms with van der Waals surface area (Å²) in [6.07, 6.45) is 2.89. The number of nitrogens with zero attached hydrogens (tertiary/aromatic N) is 3. The van der Waals surface area contributed by atoms with E-state index in [-0.39, 0.29) is 5.91 Å². The van der Waals surface area contributed by atoms with Gasteiger partial charge in [0.2, 0.25) is 5.91 Å². The predicted molar refractivity (Wildman–Crippen MR) is 79.4 cm³/mol. The minimum Gasteiger partial charge on any atom is -0.399 e. The minimum atomic E-state index is 0.143. The molecule has 2 aromatic rings. The van der Waals surface area contributed by atoms with Gasteiger partial charge in [-0.1, -0.05) is 0 Å². The summed E-state index contributed by atoms with van der Waals surface area (Å²) in [6.45, 7) is 0.684. The molecule has 1 aliphatic carbocycles. The Morgan fingerprint density at radius 2 is 2.20 bits per heavy atom. The average Bonchev–Trinajstić information content (AvgIpc) is 3.18. The molecule has 20 heavy (non-hydrogen) atoms. The van der Waals surface area contributed by atoms with Crippen molar-refractivity contribution in [3.05, 3.63) is 24.0 Å². The molecule has 1 fully saturated rings. The summed E-state index contributed by atoms with van der Waals surface area (Å²) in [4.78, 5) is 18.1. The molecule has 1 saturated carbocycles. The van der Waals surface area contributed by atoms with Crippen LogP contribution in [0, 0.1) is 0 Å². The van der Waals surface area contributed by atoms with Crippen LogP contribution in [0.5, 0.6) is 0 Å². The van der Waals surface area contributed by atoms with E-state index in [0.29, 0.717) is 18.9 Å². The third-order valence-electron chi connectivity index (χ3n) is 3.79. The summed E-state index contributed by atoms with van der Waals surface area (Å²) in [6, 6.07) is 5.81. The standard InChI is InChI=1S/C15H20N4O/c1-18(2)14(20)7-8-19-13-6-5-11(16)9-12(13)17-15(19)10-3-4-10/h5-6,9-10H,3-4,7-8,16H2,1-2H3. The normalized spacial score (nSPS) is 14.7. The van der Waals surface area contributed by atoms with Gasteiger partial charge in [0, 0.05) is 38.7 Å². The summed E-state index contributed by atoms with van der Waals surface area (Å²) in [7, 11) is 3.58. The lowest BCUT2D eigenvalue weighted by Crippen LogP contribution is -2.23. The van der Waals surface area contributed by atoms with Gasteiger partial charge in [0.25, 0.3) is 0 Å². The van der Waals surface area contributed by atoms with Crippen LogP contribution in [-0.4, -0.2) is 34.5 Å². The largest absolute Gasteiger partial charge is 0.399 e. The molecule has 1 aromatic heterocycles. The number of amides is 1. The highest BCUT2D eigenvalue weighted by atomic mass is 16.2. The van der Waals surface area contributed by atoms with E-state index in [1.807, 2.05) is 18.2 Å². The summed E-state index contributed by atoms with van der Waals surface area (Å²) in [5.41, 5.74) is 8.57. The Labute approximate surface area is 118 Å². The molecular weight excluding hydrogens is 252 g/mol. The Morgan fingerprint density at radius 1 is 1.45 bits per heavy atom. The minimum absolute atomic E-state index is 0.143. The van der Waals surface area contributed by atoms with Gasteiger partial charge < -0.3 is 15.2 Å². The van der Waals surface area contributed by atoms with Gasteiger partial charge in [-0.05, 0) is 31.0 Å². The molecule has 0 bridgehead atoms. The number of aryl methyl sites for hydroxylation is 1. The van der Waals surface area contributed by atoms with E-state index in [1.54, 1.807) is 19.0 Å². The molecule has 0 saturated heterocycles. The van der Waals surface area contributed by atoms with Crippen molar-refractivity contribution in [2.75, 3.05) is 19.8 Å². The van der Waals surface area contributed by atoms with Gasteiger partial charge in [-0.2, -0.15) is 0 Å². The van der Waals surface area contributed by atoms with Gasteiger partial charge in [0.15, 0.2) is 0 Å². The number of nitrogen functional groups attached to an aromatic ring is 1. The second-order valence-electron chi connectivity index (χ2n) is 5.68. The Morgan fingerprint density at radius 3 is 2.85 bits per heavy atom. The van der Waals surface area contributed by atoms with E-state index in [9.17, 15) is 4.79 Å². The number of benzene rings is 1. The van der Waals surface area contributed by atoms with Gasteiger partial charge in [-0.25, -0.2) is 4.98 Å². The van der Waals surface area contributed by atoms with E-state index in [0.717, 1.165) is 22.5 Å². The van der Waals surface area contributed by atoms with E-state index in [2.05, 4.69) is 4.57 Å². The van der Waals surface area contributed by atoms with Crippen molar-refractivity contribution in [1.82, 2.24) is 14.5 Å². The molecule has 1 aromatic carbocycles. The number of aromatic nitrogens is 2. The van der Waals surface area contributed by atoms with Crippen LogP contribution in [-0.2, 0) is 11.3 Å². The molecule has 0 aliphatic heterocycles. The summed E-state index contributed by atoms with van der Waals surface area (Å²) in [5, 5.41) is 0. The van der Waals surface area contributed by atoms with Gasteiger partial charge in [-0.15, -0.1) is 0 Å². The SMILES string of the molecule is CN(C)C(=O)CCn1c(C2CC2)nc2cc(N)ccc21. The zero-order valence-corrected chi connectivity index (χ0v) is 12.0. The van der Waals surface area contributed by atoms with Crippen LogP contribution in [0.1, 0.15) is 31.0 Å². The van der Waals surface area contributed by atoms with Crippen molar-refractivity contribution >= 4 is 22.6 Å². The maximum absolute atomic E-state index is 11.8. The molecule has 3 rings (SSSR count). The molecular formula is C15H20N4O. The van der Waals surface area contributed by atoms with Crippen LogP contribution in [0.15, 0.2) is 18.2 Å². The third kappa shape index (κ3) is 2.35. The van der Waals surface area contributed by atoms with E-state index < -0.39 is 0 Å². The lowest BCUT2D eigenvalue weighted by atomic mass is 10.2. The summed E-state index contributed by atoms with van der Waals surface area (Å²) < 4.78 is 2.19. The Bertz CT molecular complexity index is 655. The number of carbonyl (C=O) groups is 1. The first-order valence-electron chi connectivity index (χ1n) is 7.02. The Balaban J connectivity index is 1.94. The number of hydrogen-bond acceptors (Lipinski definition) is 3. The van der Waals surface area contributed by atoms with Crippen molar-refractivity contribution in [2.24, 2.45) is 0 Å². The first-order valence-corrected chi connectivity index (χ1v) is 7.02. The van der Waals surface area contributed by atoms with Crippen LogP contribution >= 0.6 is 0 Å². The molecule has 0 atom stereocenters.